The van der Waals surface area contributed by atoms with Crippen molar-refractivity contribution in [2.45, 2.75) is 25.9 Å². The summed E-state index contributed by atoms with van der Waals surface area (Å²) < 4.78 is 4.77. The van der Waals surface area contributed by atoms with Crippen LogP contribution in [-0.4, -0.2) is 55.6 Å². The minimum Gasteiger partial charge on any atom is -0.469 e. The zero-order chi connectivity index (χ0) is 14.5. The molecule has 0 aromatic heterocycles. The molecule has 4 heteroatoms. The molecular formula is C16H24N2O2. The molecule has 1 unspecified atom stereocenters. The van der Waals surface area contributed by atoms with E-state index < -0.39 is 0 Å². The van der Waals surface area contributed by atoms with E-state index in [4.69, 9.17) is 4.74 Å². The van der Waals surface area contributed by atoms with Gasteiger partial charge in [0.2, 0.25) is 0 Å². The molecule has 1 fully saturated rings. The minimum absolute atomic E-state index is 0.177. The van der Waals surface area contributed by atoms with Gasteiger partial charge in [-0.1, -0.05) is 24.3 Å². The summed E-state index contributed by atoms with van der Waals surface area (Å²) in [5.74, 6) is -0.177. The molecule has 1 heterocycles. The highest BCUT2D eigenvalue weighted by atomic mass is 16.5. The summed E-state index contributed by atoms with van der Waals surface area (Å²) in [6, 6.07) is 8.73. The summed E-state index contributed by atoms with van der Waals surface area (Å²) in [5.41, 5.74) is 2.31. The minimum atomic E-state index is -0.177. The van der Waals surface area contributed by atoms with Gasteiger partial charge in [0.1, 0.15) is 0 Å². The Labute approximate surface area is 121 Å². The van der Waals surface area contributed by atoms with Crippen molar-refractivity contribution in [1.29, 1.82) is 0 Å². The lowest BCUT2D eigenvalue weighted by molar-refractivity contribution is -0.139. The SMILES string of the molecule is COC(=O)Cc1ccccc1CN1CCN(C)C(C)C1. The van der Waals surface area contributed by atoms with Gasteiger partial charge in [0.05, 0.1) is 13.5 Å². The second-order valence-corrected chi connectivity index (χ2v) is 5.59. The Morgan fingerprint density at radius 3 is 2.65 bits per heavy atom. The van der Waals surface area contributed by atoms with Crippen molar-refractivity contribution in [3.05, 3.63) is 35.4 Å². The first-order valence-electron chi connectivity index (χ1n) is 7.16. The van der Waals surface area contributed by atoms with E-state index in [0.717, 1.165) is 31.7 Å². The van der Waals surface area contributed by atoms with Gasteiger partial charge in [-0.05, 0) is 25.1 Å². The number of carbonyl (C=O) groups is 1. The normalized spacial score (nSPS) is 20.9. The van der Waals surface area contributed by atoms with Crippen molar-refractivity contribution in [2.24, 2.45) is 0 Å². The number of piperazine rings is 1. The zero-order valence-corrected chi connectivity index (χ0v) is 12.6. The fourth-order valence-corrected chi connectivity index (χ4v) is 2.62. The maximum absolute atomic E-state index is 11.5. The van der Waals surface area contributed by atoms with Crippen LogP contribution in [0.15, 0.2) is 24.3 Å². The Morgan fingerprint density at radius 1 is 1.30 bits per heavy atom. The van der Waals surface area contributed by atoms with Gasteiger partial charge in [0, 0.05) is 32.2 Å². The van der Waals surface area contributed by atoms with Crippen LogP contribution in [0.4, 0.5) is 0 Å². The maximum atomic E-state index is 11.5. The van der Waals surface area contributed by atoms with Crippen LogP contribution in [0.5, 0.6) is 0 Å². The van der Waals surface area contributed by atoms with E-state index in [1.54, 1.807) is 0 Å². The van der Waals surface area contributed by atoms with Crippen LogP contribution >= 0.6 is 0 Å². The molecular weight excluding hydrogens is 252 g/mol. The quantitative estimate of drug-likeness (QED) is 0.781. The second kappa shape index (κ2) is 6.86. The van der Waals surface area contributed by atoms with Crippen molar-refractivity contribution < 1.29 is 9.53 Å². The Hall–Kier alpha value is -1.39. The fourth-order valence-electron chi connectivity index (χ4n) is 2.62. The molecule has 1 aliphatic rings. The number of hydrogen-bond donors (Lipinski definition) is 0. The van der Waals surface area contributed by atoms with Gasteiger partial charge < -0.3 is 9.64 Å². The van der Waals surface area contributed by atoms with Crippen LogP contribution in [0.25, 0.3) is 0 Å². The van der Waals surface area contributed by atoms with E-state index in [0.29, 0.717) is 12.5 Å². The topological polar surface area (TPSA) is 32.8 Å². The summed E-state index contributed by atoms with van der Waals surface area (Å²) in [5, 5.41) is 0. The molecule has 0 saturated carbocycles. The predicted molar refractivity (Wildman–Crippen MR) is 79.5 cm³/mol. The highest BCUT2D eigenvalue weighted by Crippen LogP contribution is 2.16. The fraction of sp³-hybridized carbons (Fsp3) is 0.562. The Balaban J connectivity index is 2.03. The zero-order valence-electron chi connectivity index (χ0n) is 12.6. The number of rotatable bonds is 4. The third-order valence-corrected chi connectivity index (χ3v) is 4.12. The van der Waals surface area contributed by atoms with Crippen LogP contribution < -0.4 is 0 Å². The van der Waals surface area contributed by atoms with E-state index in [1.165, 1.54) is 12.7 Å². The average Bonchev–Trinajstić information content (AvgIpc) is 2.45. The molecule has 20 heavy (non-hydrogen) atoms. The van der Waals surface area contributed by atoms with Crippen LogP contribution in [0.2, 0.25) is 0 Å². The molecule has 2 rings (SSSR count). The third kappa shape index (κ3) is 3.81. The molecule has 1 atom stereocenters. The molecule has 0 bridgehead atoms. The van der Waals surface area contributed by atoms with Crippen LogP contribution in [0, 0.1) is 0 Å². The summed E-state index contributed by atoms with van der Waals surface area (Å²) >= 11 is 0. The largest absolute Gasteiger partial charge is 0.469 e. The number of nitrogens with zero attached hydrogens (tertiary/aromatic N) is 2. The molecule has 0 amide bonds. The Kier molecular flexibility index (Phi) is 5.15. The van der Waals surface area contributed by atoms with E-state index in [2.05, 4.69) is 29.8 Å². The number of ether oxygens (including phenoxy) is 1. The lowest BCUT2D eigenvalue weighted by Gasteiger charge is -2.37. The average molecular weight is 276 g/mol. The molecule has 110 valence electrons. The molecule has 0 spiro atoms. The lowest BCUT2D eigenvalue weighted by Crippen LogP contribution is -2.49. The molecule has 1 aromatic carbocycles. The van der Waals surface area contributed by atoms with Gasteiger partial charge in [0.25, 0.3) is 0 Å². The molecule has 1 aliphatic heterocycles. The Bertz CT molecular complexity index is 462. The molecule has 0 aliphatic carbocycles. The summed E-state index contributed by atoms with van der Waals surface area (Å²) in [6.07, 6.45) is 0.357. The van der Waals surface area contributed by atoms with Crippen molar-refractivity contribution in [2.75, 3.05) is 33.8 Å². The van der Waals surface area contributed by atoms with E-state index in [-0.39, 0.29) is 5.97 Å². The lowest BCUT2D eigenvalue weighted by atomic mass is 10.0. The standard InChI is InChI=1S/C16H24N2O2/c1-13-11-18(9-8-17(13)2)12-15-7-5-4-6-14(15)10-16(19)20-3/h4-7,13H,8-12H2,1-3H3. The van der Waals surface area contributed by atoms with Crippen molar-refractivity contribution in [1.82, 2.24) is 9.80 Å². The maximum Gasteiger partial charge on any atom is 0.309 e. The molecule has 0 N–H and O–H groups in total. The monoisotopic (exact) mass is 276 g/mol. The first kappa shape index (κ1) is 15.0. The molecule has 1 saturated heterocycles. The van der Waals surface area contributed by atoms with E-state index >= 15 is 0 Å². The van der Waals surface area contributed by atoms with Crippen molar-refractivity contribution >= 4 is 5.97 Å². The highest BCUT2D eigenvalue weighted by molar-refractivity contribution is 5.72. The smallest absolute Gasteiger partial charge is 0.309 e. The molecule has 1 aromatic rings. The van der Waals surface area contributed by atoms with Gasteiger partial charge in [-0.3, -0.25) is 9.69 Å². The number of esters is 1. The molecule has 0 radical (unpaired) electrons. The van der Waals surface area contributed by atoms with Crippen LogP contribution in [-0.2, 0) is 22.5 Å². The number of benzene rings is 1. The van der Waals surface area contributed by atoms with Gasteiger partial charge in [-0.2, -0.15) is 0 Å². The van der Waals surface area contributed by atoms with Crippen molar-refractivity contribution in [3.63, 3.8) is 0 Å². The van der Waals surface area contributed by atoms with Gasteiger partial charge >= 0.3 is 5.97 Å². The predicted octanol–water partition coefficient (Wildman–Crippen LogP) is 1.54. The van der Waals surface area contributed by atoms with Gasteiger partial charge in [0.15, 0.2) is 0 Å². The highest BCUT2D eigenvalue weighted by Gasteiger charge is 2.21. The number of carbonyl (C=O) groups excluding carboxylic acids is 1. The first-order valence-corrected chi connectivity index (χ1v) is 7.16. The number of methoxy groups -OCH3 is 1. The van der Waals surface area contributed by atoms with Crippen LogP contribution in [0.1, 0.15) is 18.1 Å². The molecule has 4 nitrogen and oxygen atoms in total. The Morgan fingerprint density at radius 2 is 2.00 bits per heavy atom. The summed E-state index contributed by atoms with van der Waals surface area (Å²) in [6.45, 7) is 6.41. The van der Waals surface area contributed by atoms with Crippen molar-refractivity contribution in [3.8, 4) is 0 Å². The summed E-state index contributed by atoms with van der Waals surface area (Å²) in [7, 11) is 3.61. The van der Waals surface area contributed by atoms with Gasteiger partial charge in [-0.25, -0.2) is 0 Å². The second-order valence-electron chi connectivity index (χ2n) is 5.59. The summed E-state index contributed by atoms with van der Waals surface area (Å²) in [4.78, 5) is 16.3. The van der Waals surface area contributed by atoms with Gasteiger partial charge in [-0.15, -0.1) is 0 Å². The first-order chi connectivity index (χ1) is 9.60. The number of likely N-dealkylation sites (N-methyl/N-ethyl adjacent to an activating group) is 1. The third-order valence-electron chi connectivity index (χ3n) is 4.12. The number of hydrogen-bond acceptors (Lipinski definition) is 4. The van der Waals surface area contributed by atoms with Crippen LogP contribution in [0.3, 0.4) is 0 Å². The van der Waals surface area contributed by atoms with E-state index in [1.807, 2.05) is 18.2 Å². The van der Waals surface area contributed by atoms with E-state index in [9.17, 15) is 4.79 Å².